The normalized spacial score (nSPS) is 14.1. The molecule has 0 spiro atoms. The number of hydrogen-bond donors (Lipinski definition) is 1. The maximum Gasteiger partial charge on any atom is 0.253 e. The van der Waals surface area contributed by atoms with Crippen LogP contribution in [0.15, 0.2) is 67.4 Å². The van der Waals surface area contributed by atoms with Gasteiger partial charge in [-0.15, -0.1) is 0 Å². The van der Waals surface area contributed by atoms with Gasteiger partial charge in [-0.2, -0.15) is 0 Å². The van der Waals surface area contributed by atoms with Gasteiger partial charge in [-0.05, 0) is 43.4 Å². The topological polar surface area (TPSA) is 96.9 Å². The predicted octanol–water partition coefficient (Wildman–Crippen LogP) is 3.96. The lowest BCUT2D eigenvalue weighted by molar-refractivity contribution is 0.0690. The number of hydrogen-bond acceptors (Lipinski definition) is 6. The van der Waals surface area contributed by atoms with Gasteiger partial charge in [0.15, 0.2) is 5.82 Å². The van der Waals surface area contributed by atoms with Gasteiger partial charge < -0.3 is 14.6 Å². The summed E-state index contributed by atoms with van der Waals surface area (Å²) in [5, 5.41) is 0. The summed E-state index contributed by atoms with van der Waals surface area (Å²) in [7, 11) is 1.66. The number of rotatable bonds is 7. The quantitative estimate of drug-likeness (QED) is 0.441. The SMILES string of the molecule is COc1ccccc1Cc1cc(C(=O)N2CCC(Cc3nccnc3-c3ncc[nH]3)CC2)ccn1. The number of pyridine rings is 1. The van der Waals surface area contributed by atoms with Gasteiger partial charge in [0.05, 0.1) is 12.8 Å². The summed E-state index contributed by atoms with van der Waals surface area (Å²) in [5.41, 5.74) is 4.32. The summed E-state index contributed by atoms with van der Waals surface area (Å²) in [6.45, 7) is 1.45. The van der Waals surface area contributed by atoms with Crippen molar-refractivity contribution >= 4 is 5.91 Å². The van der Waals surface area contributed by atoms with Crippen LogP contribution >= 0.6 is 0 Å². The van der Waals surface area contributed by atoms with E-state index < -0.39 is 0 Å². The zero-order chi connectivity index (χ0) is 24.0. The largest absolute Gasteiger partial charge is 0.496 e. The molecule has 178 valence electrons. The number of aromatic nitrogens is 5. The number of benzene rings is 1. The number of ether oxygens (including phenoxy) is 1. The smallest absolute Gasteiger partial charge is 0.253 e. The van der Waals surface area contributed by atoms with E-state index in [0.29, 0.717) is 17.9 Å². The Labute approximate surface area is 204 Å². The van der Waals surface area contributed by atoms with Gasteiger partial charge in [0.2, 0.25) is 0 Å². The molecule has 0 atom stereocenters. The molecule has 4 heterocycles. The minimum atomic E-state index is 0.0582. The first-order chi connectivity index (χ1) is 17.2. The lowest BCUT2D eigenvalue weighted by Crippen LogP contribution is -2.39. The van der Waals surface area contributed by atoms with Gasteiger partial charge >= 0.3 is 0 Å². The third-order valence-corrected chi connectivity index (χ3v) is 6.51. The van der Waals surface area contributed by atoms with Crippen molar-refractivity contribution in [2.24, 2.45) is 5.92 Å². The minimum Gasteiger partial charge on any atom is -0.496 e. The Kier molecular flexibility index (Phi) is 6.79. The van der Waals surface area contributed by atoms with E-state index in [1.807, 2.05) is 35.2 Å². The Morgan fingerprint density at radius 2 is 1.86 bits per heavy atom. The van der Waals surface area contributed by atoms with Crippen molar-refractivity contribution in [2.75, 3.05) is 20.2 Å². The highest BCUT2D eigenvalue weighted by Gasteiger charge is 2.25. The van der Waals surface area contributed by atoms with Gasteiger partial charge in [-0.25, -0.2) is 9.97 Å². The first-order valence-corrected chi connectivity index (χ1v) is 11.9. The van der Waals surface area contributed by atoms with E-state index in [2.05, 4.69) is 24.9 Å². The third kappa shape index (κ3) is 5.21. The maximum absolute atomic E-state index is 13.2. The van der Waals surface area contributed by atoms with Crippen molar-refractivity contribution in [2.45, 2.75) is 25.7 Å². The number of amides is 1. The maximum atomic E-state index is 13.2. The van der Waals surface area contributed by atoms with Crippen molar-refractivity contribution in [1.29, 1.82) is 0 Å². The fraction of sp³-hybridized carbons (Fsp3) is 0.296. The number of aromatic amines is 1. The third-order valence-electron chi connectivity index (χ3n) is 6.51. The van der Waals surface area contributed by atoms with E-state index in [9.17, 15) is 4.79 Å². The Hall–Kier alpha value is -4.07. The van der Waals surface area contributed by atoms with Crippen LogP contribution in [0.25, 0.3) is 11.5 Å². The molecule has 1 aromatic carbocycles. The first kappa shape index (κ1) is 22.7. The number of nitrogens with zero attached hydrogens (tertiary/aromatic N) is 5. The molecule has 0 unspecified atom stereocenters. The van der Waals surface area contributed by atoms with Crippen LogP contribution in [0, 0.1) is 5.92 Å². The molecule has 1 amide bonds. The Morgan fingerprint density at radius 3 is 2.66 bits per heavy atom. The fourth-order valence-electron chi connectivity index (χ4n) is 4.66. The fourth-order valence-corrected chi connectivity index (χ4v) is 4.66. The molecule has 1 N–H and O–H groups in total. The second-order valence-electron chi connectivity index (χ2n) is 8.75. The molecule has 1 aliphatic heterocycles. The summed E-state index contributed by atoms with van der Waals surface area (Å²) < 4.78 is 5.45. The number of carbonyl (C=O) groups excluding carboxylic acids is 1. The average molecular weight is 469 g/mol. The summed E-state index contributed by atoms with van der Waals surface area (Å²) in [4.78, 5) is 36.2. The van der Waals surface area contributed by atoms with Crippen LogP contribution in [0.3, 0.4) is 0 Å². The first-order valence-electron chi connectivity index (χ1n) is 11.9. The van der Waals surface area contributed by atoms with Crippen LogP contribution in [-0.4, -0.2) is 55.9 Å². The summed E-state index contributed by atoms with van der Waals surface area (Å²) >= 11 is 0. The molecule has 35 heavy (non-hydrogen) atoms. The Bertz CT molecular complexity index is 1280. The van der Waals surface area contributed by atoms with E-state index in [1.165, 1.54) is 0 Å². The number of piperidine rings is 1. The van der Waals surface area contributed by atoms with Crippen LogP contribution in [0.2, 0.25) is 0 Å². The van der Waals surface area contributed by atoms with Gasteiger partial charge in [0, 0.05) is 67.3 Å². The van der Waals surface area contributed by atoms with E-state index >= 15 is 0 Å². The molecule has 1 saturated heterocycles. The van der Waals surface area contributed by atoms with Gasteiger partial charge in [-0.3, -0.25) is 14.8 Å². The summed E-state index contributed by atoms with van der Waals surface area (Å²) in [5.74, 6) is 2.07. The molecular weight excluding hydrogens is 440 g/mol. The van der Waals surface area contributed by atoms with Crippen molar-refractivity contribution in [1.82, 2.24) is 29.8 Å². The van der Waals surface area contributed by atoms with Crippen molar-refractivity contribution in [3.8, 4) is 17.3 Å². The molecule has 3 aromatic heterocycles. The lowest BCUT2D eigenvalue weighted by Gasteiger charge is -2.32. The highest BCUT2D eigenvalue weighted by atomic mass is 16.5. The number of likely N-dealkylation sites (tertiary alicyclic amines) is 1. The highest BCUT2D eigenvalue weighted by molar-refractivity contribution is 5.94. The van der Waals surface area contributed by atoms with Crippen LogP contribution < -0.4 is 4.74 Å². The lowest BCUT2D eigenvalue weighted by atomic mass is 9.91. The van der Waals surface area contributed by atoms with E-state index in [-0.39, 0.29) is 5.91 Å². The van der Waals surface area contributed by atoms with Crippen LogP contribution in [0.1, 0.15) is 40.2 Å². The predicted molar refractivity (Wildman–Crippen MR) is 132 cm³/mol. The van der Waals surface area contributed by atoms with Gasteiger partial charge in [0.1, 0.15) is 11.4 Å². The summed E-state index contributed by atoms with van der Waals surface area (Å²) in [6, 6.07) is 11.6. The molecule has 0 saturated carbocycles. The van der Waals surface area contributed by atoms with Gasteiger partial charge in [0.25, 0.3) is 5.91 Å². The zero-order valence-corrected chi connectivity index (χ0v) is 19.7. The number of carbonyl (C=O) groups is 1. The molecule has 0 radical (unpaired) electrons. The van der Waals surface area contributed by atoms with E-state index in [0.717, 1.165) is 66.6 Å². The van der Waals surface area contributed by atoms with Crippen molar-refractivity contribution < 1.29 is 9.53 Å². The van der Waals surface area contributed by atoms with E-state index in [1.54, 1.807) is 44.2 Å². The number of imidazole rings is 1. The molecule has 1 fully saturated rings. The monoisotopic (exact) mass is 468 g/mol. The molecule has 8 heteroatoms. The minimum absolute atomic E-state index is 0.0582. The molecule has 0 aliphatic carbocycles. The van der Waals surface area contributed by atoms with Crippen LogP contribution in [0.4, 0.5) is 0 Å². The van der Waals surface area contributed by atoms with Gasteiger partial charge in [-0.1, -0.05) is 18.2 Å². The van der Waals surface area contributed by atoms with Crippen LogP contribution in [0.5, 0.6) is 5.75 Å². The molecule has 4 aromatic rings. The molecular formula is C27H28N6O2. The second-order valence-corrected chi connectivity index (χ2v) is 8.75. The second kappa shape index (κ2) is 10.5. The number of H-pyrrole nitrogens is 1. The molecule has 8 nitrogen and oxygen atoms in total. The van der Waals surface area contributed by atoms with Crippen LogP contribution in [-0.2, 0) is 12.8 Å². The Balaban J connectivity index is 1.21. The number of methoxy groups -OCH3 is 1. The molecule has 5 rings (SSSR count). The average Bonchev–Trinajstić information content (AvgIpc) is 3.44. The molecule has 0 bridgehead atoms. The van der Waals surface area contributed by atoms with Crippen molar-refractivity contribution in [3.05, 3.63) is 89.9 Å². The van der Waals surface area contributed by atoms with E-state index in [4.69, 9.17) is 4.74 Å². The standard InChI is InChI=1S/C27H28N6O2/c1-35-24-5-3-2-4-20(24)17-22-18-21(6-9-28-22)27(34)33-14-7-19(8-15-33)16-23-25(30-11-10-29-23)26-31-12-13-32-26/h2-6,9-13,18-19H,7-8,14-17H2,1H3,(H,31,32). The number of para-hydroxylation sites is 1. The zero-order valence-electron chi connectivity index (χ0n) is 19.7. The summed E-state index contributed by atoms with van der Waals surface area (Å²) in [6.07, 6.45) is 11.9. The molecule has 1 aliphatic rings. The highest BCUT2D eigenvalue weighted by Crippen LogP contribution is 2.26. The van der Waals surface area contributed by atoms with Crippen molar-refractivity contribution in [3.63, 3.8) is 0 Å². The Morgan fingerprint density at radius 1 is 1.03 bits per heavy atom. The number of nitrogens with one attached hydrogen (secondary N) is 1.